The molecule has 1 aromatic carbocycles. The van der Waals surface area contributed by atoms with Crippen LogP contribution in [0.3, 0.4) is 0 Å². The average molecular weight is 337 g/mol. The molecule has 2 atom stereocenters. The molecule has 7 heteroatoms. The summed E-state index contributed by atoms with van der Waals surface area (Å²) in [6.07, 6.45) is 0.586. The number of fused-ring (bicyclic) bond motifs is 1. The van der Waals surface area contributed by atoms with Crippen molar-refractivity contribution in [1.29, 1.82) is 0 Å². The second kappa shape index (κ2) is 5.28. The van der Waals surface area contributed by atoms with Gasteiger partial charge in [0.2, 0.25) is 0 Å². The highest BCUT2D eigenvalue weighted by Gasteiger charge is 2.34. The summed E-state index contributed by atoms with van der Waals surface area (Å²) < 4.78 is 34.1. The lowest BCUT2D eigenvalue weighted by Gasteiger charge is -2.23. The zero-order chi connectivity index (χ0) is 14.3. The Morgan fingerprint density at radius 3 is 2.70 bits per heavy atom. The molecule has 0 saturated carbocycles. The van der Waals surface area contributed by atoms with Crippen LogP contribution in [-0.2, 0) is 9.84 Å². The van der Waals surface area contributed by atoms with Crippen molar-refractivity contribution in [3.8, 4) is 11.5 Å². The second-order valence-electron chi connectivity index (χ2n) is 5.09. The maximum Gasteiger partial charge on any atom is 0.179 e. The summed E-state index contributed by atoms with van der Waals surface area (Å²) in [5, 5.41) is 0.0595. The molecule has 0 aliphatic carbocycles. The summed E-state index contributed by atoms with van der Waals surface area (Å²) in [4.78, 5) is 0. The molecule has 4 nitrogen and oxygen atoms in total. The minimum atomic E-state index is -2.95. The fraction of sp³-hybridized carbons (Fsp3) is 0.538. The number of hydrogen-bond donors (Lipinski definition) is 0. The van der Waals surface area contributed by atoms with E-state index in [0.29, 0.717) is 36.2 Å². The van der Waals surface area contributed by atoms with E-state index in [2.05, 4.69) is 0 Å². The van der Waals surface area contributed by atoms with Crippen LogP contribution in [0.1, 0.15) is 17.4 Å². The van der Waals surface area contributed by atoms with Gasteiger partial charge in [0, 0.05) is 0 Å². The van der Waals surface area contributed by atoms with Crippen molar-refractivity contribution in [2.45, 2.75) is 11.8 Å². The molecule has 1 aromatic rings. The smallest absolute Gasteiger partial charge is 0.179 e. The van der Waals surface area contributed by atoms with Crippen molar-refractivity contribution < 1.29 is 17.9 Å². The van der Waals surface area contributed by atoms with Gasteiger partial charge in [-0.15, -0.1) is 11.6 Å². The van der Waals surface area contributed by atoms with Crippen molar-refractivity contribution in [3.05, 3.63) is 22.7 Å². The van der Waals surface area contributed by atoms with Crippen molar-refractivity contribution in [2.24, 2.45) is 5.92 Å². The highest BCUT2D eigenvalue weighted by atomic mass is 35.5. The van der Waals surface area contributed by atoms with E-state index in [0.717, 1.165) is 5.56 Å². The summed E-state index contributed by atoms with van der Waals surface area (Å²) in [6, 6.07) is 3.53. The average Bonchev–Trinajstić information content (AvgIpc) is 2.78. The third-order valence-corrected chi connectivity index (χ3v) is 6.30. The van der Waals surface area contributed by atoms with E-state index in [4.69, 9.17) is 32.7 Å². The van der Waals surface area contributed by atoms with Gasteiger partial charge in [0.1, 0.15) is 13.2 Å². The number of hydrogen-bond acceptors (Lipinski definition) is 4. The lowest BCUT2D eigenvalue weighted by molar-refractivity contribution is 0.171. The lowest BCUT2D eigenvalue weighted by atomic mass is 9.98. The number of rotatable bonds is 2. The van der Waals surface area contributed by atoms with E-state index < -0.39 is 9.84 Å². The quantitative estimate of drug-likeness (QED) is 0.779. The maximum absolute atomic E-state index is 11.5. The van der Waals surface area contributed by atoms with Gasteiger partial charge < -0.3 is 9.47 Å². The minimum absolute atomic E-state index is 0.0831. The summed E-state index contributed by atoms with van der Waals surface area (Å²) in [5.41, 5.74) is 0.781. The van der Waals surface area contributed by atoms with Crippen LogP contribution in [0.2, 0.25) is 5.02 Å². The summed E-state index contributed by atoms with van der Waals surface area (Å²) in [5.74, 6) is 1.36. The van der Waals surface area contributed by atoms with Crippen LogP contribution in [0.15, 0.2) is 12.1 Å². The van der Waals surface area contributed by atoms with E-state index in [1.54, 1.807) is 12.1 Å². The Kier molecular flexibility index (Phi) is 3.77. The predicted molar refractivity (Wildman–Crippen MR) is 77.8 cm³/mol. The van der Waals surface area contributed by atoms with Gasteiger partial charge in [0.25, 0.3) is 0 Å². The van der Waals surface area contributed by atoms with Crippen LogP contribution >= 0.6 is 23.2 Å². The fourth-order valence-electron chi connectivity index (χ4n) is 2.62. The Hall–Kier alpha value is -0.650. The Balaban J connectivity index is 1.89. The molecule has 20 heavy (non-hydrogen) atoms. The Morgan fingerprint density at radius 1 is 1.25 bits per heavy atom. The molecule has 0 aromatic heterocycles. The first-order valence-electron chi connectivity index (χ1n) is 6.40. The van der Waals surface area contributed by atoms with Crippen LogP contribution in [-0.4, -0.2) is 33.1 Å². The van der Waals surface area contributed by atoms with Gasteiger partial charge >= 0.3 is 0 Å². The predicted octanol–water partition coefficient (Wildman–Crippen LogP) is 2.83. The van der Waals surface area contributed by atoms with Crippen LogP contribution in [0, 0.1) is 5.92 Å². The van der Waals surface area contributed by atoms with Gasteiger partial charge in [0.05, 0.1) is 21.9 Å². The summed E-state index contributed by atoms with van der Waals surface area (Å²) in [7, 11) is -2.95. The van der Waals surface area contributed by atoms with E-state index in [1.165, 1.54) is 0 Å². The minimum Gasteiger partial charge on any atom is -0.486 e. The van der Waals surface area contributed by atoms with Crippen LogP contribution in [0.25, 0.3) is 0 Å². The highest BCUT2D eigenvalue weighted by Crippen LogP contribution is 2.44. The molecule has 0 radical (unpaired) electrons. The Morgan fingerprint density at radius 2 is 2.00 bits per heavy atom. The van der Waals surface area contributed by atoms with Crippen molar-refractivity contribution in [3.63, 3.8) is 0 Å². The summed E-state index contributed by atoms with van der Waals surface area (Å²) >= 11 is 12.6. The molecule has 2 aliphatic heterocycles. The van der Waals surface area contributed by atoms with Gasteiger partial charge in [-0.25, -0.2) is 8.42 Å². The van der Waals surface area contributed by atoms with E-state index >= 15 is 0 Å². The van der Waals surface area contributed by atoms with E-state index in [9.17, 15) is 8.42 Å². The fourth-order valence-corrected chi connectivity index (χ4v) is 5.18. The third-order valence-electron chi connectivity index (χ3n) is 3.62. The second-order valence-corrected chi connectivity index (χ2v) is 8.20. The highest BCUT2D eigenvalue weighted by molar-refractivity contribution is 7.91. The van der Waals surface area contributed by atoms with Gasteiger partial charge in [-0.1, -0.05) is 11.6 Å². The molecule has 110 valence electrons. The van der Waals surface area contributed by atoms with E-state index in [-0.39, 0.29) is 22.8 Å². The number of ether oxygens (including phenoxy) is 2. The van der Waals surface area contributed by atoms with E-state index in [1.807, 2.05) is 0 Å². The molecule has 2 unspecified atom stereocenters. The standard InChI is InChI=1S/C13H14Cl2O4S/c14-10-5-9(6-11-13(10)19-3-2-18-11)12(15)8-1-4-20(16,17)7-8/h5-6,8,12H,1-4,7H2. The number of halogens is 2. The first kappa shape index (κ1) is 14.3. The normalized spacial score (nSPS) is 25.4. The monoisotopic (exact) mass is 336 g/mol. The van der Waals surface area contributed by atoms with Crippen molar-refractivity contribution in [1.82, 2.24) is 0 Å². The number of sulfone groups is 1. The largest absolute Gasteiger partial charge is 0.486 e. The lowest BCUT2D eigenvalue weighted by Crippen LogP contribution is -2.16. The van der Waals surface area contributed by atoms with Crippen LogP contribution in [0.4, 0.5) is 0 Å². The van der Waals surface area contributed by atoms with Crippen LogP contribution in [0.5, 0.6) is 11.5 Å². The molecule has 0 N–H and O–H groups in total. The van der Waals surface area contributed by atoms with Gasteiger partial charge in [-0.05, 0) is 30.0 Å². The molecule has 2 aliphatic rings. The topological polar surface area (TPSA) is 52.6 Å². The molecule has 0 amide bonds. The first-order chi connectivity index (χ1) is 9.46. The van der Waals surface area contributed by atoms with Gasteiger partial charge in [-0.2, -0.15) is 0 Å². The molecule has 1 fully saturated rings. The Labute approximate surface area is 127 Å². The van der Waals surface area contributed by atoms with Crippen LogP contribution < -0.4 is 9.47 Å². The molecule has 3 rings (SSSR count). The molecule has 0 bridgehead atoms. The molecule has 0 spiro atoms. The molecular weight excluding hydrogens is 323 g/mol. The van der Waals surface area contributed by atoms with Crippen molar-refractivity contribution in [2.75, 3.05) is 24.7 Å². The molecule has 1 saturated heterocycles. The maximum atomic E-state index is 11.5. The van der Waals surface area contributed by atoms with Crippen molar-refractivity contribution >= 4 is 33.0 Å². The third kappa shape index (κ3) is 2.71. The number of benzene rings is 1. The Bertz CT molecular complexity index is 630. The van der Waals surface area contributed by atoms with Gasteiger partial charge in [0.15, 0.2) is 21.3 Å². The molecular formula is C13H14Cl2O4S. The SMILES string of the molecule is O=S1(=O)CCC(C(Cl)c2cc(Cl)c3c(c2)OCCO3)C1. The first-order valence-corrected chi connectivity index (χ1v) is 9.03. The zero-order valence-corrected chi connectivity index (χ0v) is 13.0. The zero-order valence-electron chi connectivity index (χ0n) is 10.6. The van der Waals surface area contributed by atoms with Gasteiger partial charge in [-0.3, -0.25) is 0 Å². The number of alkyl halides is 1. The molecule has 2 heterocycles. The summed E-state index contributed by atoms with van der Waals surface area (Å²) in [6.45, 7) is 0.939.